The molecule has 10 nitrogen and oxygen atoms in total. The standard InChI is InChI=1S/C28H28ClFN6O4/c1-16-25(22(29)11-31-26(16)33-24-7-8-32-34(24)2)18-10-23-27(37)36(20(15-39-3)14-35(23)12-18)13-17-9-19(30)5-6-21(17)28(38)40-4/h5-12,20H,13-15H2,1-4H3,(H,31,33)/t20-/m1/s1. The van der Waals surface area contributed by atoms with Gasteiger partial charge in [0.2, 0.25) is 0 Å². The molecule has 0 spiro atoms. The number of fused-ring (bicyclic) bond motifs is 1. The van der Waals surface area contributed by atoms with Crippen molar-refractivity contribution >= 4 is 35.1 Å². The van der Waals surface area contributed by atoms with Crippen molar-refractivity contribution in [2.24, 2.45) is 7.05 Å². The van der Waals surface area contributed by atoms with E-state index >= 15 is 0 Å². The Balaban J connectivity index is 1.51. The molecule has 40 heavy (non-hydrogen) atoms. The lowest BCUT2D eigenvalue weighted by Gasteiger charge is -2.36. The number of ether oxygens (including phenoxy) is 2. The second kappa shape index (κ2) is 11.1. The number of pyridine rings is 1. The van der Waals surface area contributed by atoms with Crippen LogP contribution in [-0.2, 0) is 29.6 Å². The highest BCUT2D eigenvalue weighted by Gasteiger charge is 2.34. The van der Waals surface area contributed by atoms with Crippen molar-refractivity contribution in [1.29, 1.82) is 0 Å². The molecule has 1 atom stereocenters. The van der Waals surface area contributed by atoms with Crippen molar-refractivity contribution in [3.63, 3.8) is 0 Å². The Kier molecular flexibility index (Phi) is 7.59. The fraction of sp³-hybridized carbons (Fsp3) is 0.286. The van der Waals surface area contributed by atoms with Crippen molar-refractivity contribution in [1.82, 2.24) is 24.2 Å². The second-order valence-corrected chi connectivity index (χ2v) is 9.93. The van der Waals surface area contributed by atoms with Gasteiger partial charge in [-0.2, -0.15) is 5.10 Å². The van der Waals surface area contributed by atoms with Crippen molar-refractivity contribution in [2.45, 2.75) is 26.1 Å². The number of hydrogen-bond acceptors (Lipinski definition) is 7. The lowest BCUT2D eigenvalue weighted by atomic mass is 10.0. The van der Waals surface area contributed by atoms with Crippen LogP contribution in [0.2, 0.25) is 5.02 Å². The number of carbonyl (C=O) groups is 2. The maximum atomic E-state index is 14.2. The van der Waals surface area contributed by atoms with E-state index in [2.05, 4.69) is 15.4 Å². The molecule has 0 unspecified atom stereocenters. The minimum atomic E-state index is -0.605. The van der Waals surface area contributed by atoms with Crippen LogP contribution in [0.15, 0.2) is 48.9 Å². The van der Waals surface area contributed by atoms with E-state index in [1.165, 1.54) is 25.3 Å². The van der Waals surface area contributed by atoms with Gasteiger partial charge in [-0.3, -0.25) is 9.48 Å². The minimum Gasteiger partial charge on any atom is -0.465 e. The number of benzene rings is 1. The molecule has 0 radical (unpaired) electrons. The number of amides is 1. The lowest BCUT2D eigenvalue weighted by molar-refractivity contribution is 0.0383. The summed E-state index contributed by atoms with van der Waals surface area (Å²) in [5.41, 5.74) is 3.27. The van der Waals surface area contributed by atoms with Crippen molar-refractivity contribution in [2.75, 3.05) is 26.1 Å². The highest BCUT2D eigenvalue weighted by molar-refractivity contribution is 6.33. The van der Waals surface area contributed by atoms with Gasteiger partial charge in [0.25, 0.3) is 5.91 Å². The largest absolute Gasteiger partial charge is 0.465 e. The molecule has 0 aliphatic carbocycles. The molecule has 1 aliphatic rings. The first kappa shape index (κ1) is 27.4. The normalized spacial score (nSPS) is 14.8. The average molecular weight is 567 g/mol. The number of halogens is 2. The summed E-state index contributed by atoms with van der Waals surface area (Å²) in [5, 5.41) is 7.89. The number of aromatic nitrogens is 4. The molecule has 1 N–H and O–H groups in total. The number of nitrogens with zero attached hydrogens (tertiary/aromatic N) is 5. The van der Waals surface area contributed by atoms with Gasteiger partial charge in [0.1, 0.15) is 23.1 Å². The number of aryl methyl sites for hydroxylation is 1. The van der Waals surface area contributed by atoms with Crippen LogP contribution in [0, 0.1) is 12.7 Å². The van der Waals surface area contributed by atoms with E-state index in [1.807, 2.05) is 30.8 Å². The number of hydrogen-bond donors (Lipinski definition) is 1. The highest BCUT2D eigenvalue weighted by atomic mass is 35.5. The number of carbonyl (C=O) groups excluding carboxylic acids is 2. The van der Waals surface area contributed by atoms with Crippen LogP contribution in [0.1, 0.15) is 32.0 Å². The molecule has 4 aromatic rings. The van der Waals surface area contributed by atoms with Gasteiger partial charge in [0.15, 0.2) is 0 Å². The monoisotopic (exact) mass is 566 g/mol. The molecule has 1 amide bonds. The maximum absolute atomic E-state index is 14.2. The molecule has 3 aromatic heterocycles. The Morgan fingerprint density at radius 1 is 1.25 bits per heavy atom. The summed E-state index contributed by atoms with van der Waals surface area (Å²) >= 11 is 6.63. The third-order valence-electron chi connectivity index (χ3n) is 7.03. The minimum absolute atomic E-state index is 0.00335. The zero-order valence-electron chi connectivity index (χ0n) is 22.4. The number of anilines is 2. The first-order valence-corrected chi connectivity index (χ1v) is 12.9. The Morgan fingerprint density at radius 3 is 2.75 bits per heavy atom. The highest BCUT2D eigenvalue weighted by Crippen LogP contribution is 2.37. The van der Waals surface area contributed by atoms with Crippen LogP contribution in [0.5, 0.6) is 0 Å². The third-order valence-corrected chi connectivity index (χ3v) is 7.32. The summed E-state index contributed by atoms with van der Waals surface area (Å²) in [6, 6.07) is 7.06. The summed E-state index contributed by atoms with van der Waals surface area (Å²) in [6.45, 7) is 2.59. The number of methoxy groups -OCH3 is 2. The fourth-order valence-corrected chi connectivity index (χ4v) is 5.32. The van der Waals surface area contributed by atoms with E-state index in [1.54, 1.807) is 35.2 Å². The van der Waals surface area contributed by atoms with E-state index in [0.717, 1.165) is 22.5 Å². The Labute approximate surface area is 235 Å². The van der Waals surface area contributed by atoms with Crippen LogP contribution in [0.25, 0.3) is 11.1 Å². The van der Waals surface area contributed by atoms with Gasteiger partial charge in [-0.05, 0) is 36.8 Å². The smallest absolute Gasteiger partial charge is 0.338 e. The van der Waals surface area contributed by atoms with Crippen LogP contribution in [0.3, 0.4) is 0 Å². The fourth-order valence-electron chi connectivity index (χ4n) is 5.02. The Hall–Kier alpha value is -4.22. The topological polar surface area (TPSA) is 104 Å². The molecule has 208 valence electrons. The van der Waals surface area contributed by atoms with Crippen molar-refractivity contribution in [3.8, 4) is 11.1 Å². The van der Waals surface area contributed by atoms with Crippen LogP contribution < -0.4 is 5.32 Å². The third kappa shape index (κ3) is 5.05. The summed E-state index contributed by atoms with van der Waals surface area (Å²) in [6.07, 6.45) is 5.14. The van der Waals surface area contributed by atoms with Crippen molar-refractivity contribution < 1.29 is 23.5 Å². The van der Waals surface area contributed by atoms with Gasteiger partial charge >= 0.3 is 5.97 Å². The van der Waals surface area contributed by atoms with Gasteiger partial charge in [-0.25, -0.2) is 14.2 Å². The van der Waals surface area contributed by atoms with Gasteiger partial charge in [0.05, 0.1) is 36.5 Å². The van der Waals surface area contributed by atoms with E-state index in [0.29, 0.717) is 28.6 Å². The average Bonchev–Trinajstić information content (AvgIpc) is 3.53. The molecule has 0 saturated carbocycles. The van der Waals surface area contributed by atoms with E-state index in [-0.39, 0.29) is 30.7 Å². The molecule has 1 aromatic carbocycles. The molecular weight excluding hydrogens is 539 g/mol. The molecular formula is C28H28ClFN6O4. The maximum Gasteiger partial charge on any atom is 0.338 e. The lowest BCUT2D eigenvalue weighted by Crippen LogP contribution is -2.49. The van der Waals surface area contributed by atoms with Crippen LogP contribution in [-0.4, -0.2) is 63.0 Å². The second-order valence-electron chi connectivity index (χ2n) is 9.52. The predicted molar refractivity (Wildman–Crippen MR) is 147 cm³/mol. The molecule has 12 heteroatoms. The Bertz CT molecular complexity index is 1600. The predicted octanol–water partition coefficient (Wildman–Crippen LogP) is 4.59. The Morgan fingerprint density at radius 2 is 2.05 bits per heavy atom. The first-order valence-electron chi connectivity index (χ1n) is 12.5. The van der Waals surface area contributed by atoms with Gasteiger partial charge in [-0.15, -0.1) is 0 Å². The van der Waals surface area contributed by atoms with Crippen molar-refractivity contribution in [3.05, 3.63) is 82.1 Å². The molecule has 4 heterocycles. The molecule has 5 rings (SSSR count). The number of rotatable bonds is 8. The molecule has 0 saturated heterocycles. The zero-order valence-corrected chi connectivity index (χ0v) is 23.2. The molecule has 0 bridgehead atoms. The van der Waals surface area contributed by atoms with Crippen LogP contribution in [0.4, 0.5) is 16.0 Å². The van der Waals surface area contributed by atoms with E-state index in [9.17, 15) is 14.0 Å². The molecule has 1 aliphatic heterocycles. The van der Waals surface area contributed by atoms with Gasteiger partial charge in [0, 0.05) is 62.4 Å². The first-order chi connectivity index (χ1) is 19.2. The summed E-state index contributed by atoms with van der Waals surface area (Å²) in [5.74, 6) is -0.0300. The van der Waals surface area contributed by atoms with Crippen LogP contribution >= 0.6 is 11.6 Å². The summed E-state index contributed by atoms with van der Waals surface area (Å²) in [4.78, 5) is 32.2. The van der Waals surface area contributed by atoms with E-state index < -0.39 is 11.8 Å². The number of nitrogens with one attached hydrogen (secondary N) is 1. The number of esters is 1. The van der Waals surface area contributed by atoms with Gasteiger partial charge < -0.3 is 24.3 Å². The quantitative estimate of drug-likeness (QED) is 0.311. The van der Waals surface area contributed by atoms with E-state index in [4.69, 9.17) is 21.1 Å². The molecule has 0 fully saturated rings. The SMILES string of the molecule is COC[C@H]1Cn2cc(-c3c(Cl)cnc(Nc4ccnn4C)c3C)cc2C(=O)N1Cc1cc(F)ccc1C(=O)OC. The zero-order chi connectivity index (χ0) is 28.6. The summed E-state index contributed by atoms with van der Waals surface area (Å²) < 4.78 is 28.0. The van der Waals surface area contributed by atoms with Gasteiger partial charge in [-0.1, -0.05) is 11.6 Å². The summed E-state index contributed by atoms with van der Waals surface area (Å²) in [7, 11) is 4.63.